The summed E-state index contributed by atoms with van der Waals surface area (Å²) in [6, 6.07) is 6.40. The predicted octanol–water partition coefficient (Wildman–Crippen LogP) is 3.83. The quantitative estimate of drug-likeness (QED) is 0.471. The van der Waals surface area contributed by atoms with Crippen LogP contribution in [0.15, 0.2) is 30.0 Å². The Hall–Kier alpha value is -2.47. The summed E-state index contributed by atoms with van der Waals surface area (Å²) < 4.78 is 16.0. The van der Waals surface area contributed by atoms with Crippen molar-refractivity contribution < 1.29 is 19.0 Å². The van der Waals surface area contributed by atoms with Gasteiger partial charge in [0.15, 0.2) is 0 Å². The van der Waals surface area contributed by atoms with Crippen molar-refractivity contribution in [3.63, 3.8) is 0 Å². The lowest BCUT2D eigenvalue weighted by atomic mass is 9.74. The molecule has 2 aliphatic heterocycles. The molecule has 3 heterocycles. The molecule has 2 aromatic rings. The third kappa shape index (κ3) is 3.29. The van der Waals surface area contributed by atoms with Gasteiger partial charge >= 0.3 is 5.97 Å². The number of methoxy groups -OCH3 is 3. The molecular weight excluding hydrogens is 368 g/mol. The number of nitrogens with zero attached hydrogens (tertiary/aromatic N) is 1. The topological polar surface area (TPSA) is 63.8 Å². The minimum Gasteiger partial charge on any atom is -0.504 e. The van der Waals surface area contributed by atoms with Crippen LogP contribution in [0, 0.1) is 11.8 Å². The van der Waals surface area contributed by atoms with Crippen LogP contribution < -0.4 is 4.74 Å². The number of hydrogen-bond acceptors (Lipinski definition) is 5. The van der Waals surface area contributed by atoms with Crippen LogP contribution in [0.2, 0.25) is 0 Å². The van der Waals surface area contributed by atoms with Crippen molar-refractivity contribution in [2.75, 3.05) is 34.4 Å². The van der Waals surface area contributed by atoms with Crippen LogP contribution in [-0.4, -0.2) is 50.3 Å². The zero-order chi connectivity index (χ0) is 20.5. The number of hydrogen-bond donors (Lipinski definition) is 1. The van der Waals surface area contributed by atoms with Crippen molar-refractivity contribution in [3.8, 4) is 5.75 Å². The molecule has 1 fully saturated rings. The van der Waals surface area contributed by atoms with Crippen molar-refractivity contribution >= 4 is 16.9 Å². The highest BCUT2D eigenvalue weighted by atomic mass is 16.5. The summed E-state index contributed by atoms with van der Waals surface area (Å²) in [7, 11) is 4.75. The first-order chi connectivity index (χ1) is 14.1. The minimum absolute atomic E-state index is 0.105. The van der Waals surface area contributed by atoms with Crippen LogP contribution in [0.25, 0.3) is 10.9 Å². The minimum atomic E-state index is -0.293. The average molecular weight is 399 g/mol. The lowest BCUT2D eigenvalue weighted by Gasteiger charge is -2.46. The number of carbonyl (C=O) groups excluding carboxylic acids is 1. The number of H-pyrrole nitrogens is 1. The molecule has 0 unspecified atom stereocenters. The van der Waals surface area contributed by atoms with Crippen LogP contribution in [0.1, 0.15) is 37.1 Å². The Morgan fingerprint density at radius 1 is 1.31 bits per heavy atom. The zero-order valence-electron chi connectivity index (χ0n) is 17.7. The third-order valence-electron chi connectivity index (χ3n) is 6.67. The van der Waals surface area contributed by atoms with Crippen LogP contribution >= 0.6 is 0 Å². The molecule has 6 heteroatoms. The Morgan fingerprint density at radius 3 is 2.83 bits per heavy atom. The van der Waals surface area contributed by atoms with E-state index in [1.54, 1.807) is 20.5 Å². The molecule has 1 aromatic carbocycles. The Kier molecular flexibility index (Phi) is 5.54. The maximum atomic E-state index is 12.5. The van der Waals surface area contributed by atoms with E-state index in [1.807, 2.05) is 12.1 Å². The van der Waals surface area contributed by atoms with Crippen LogP contribution in [0.5, 0.6) is 5.75 Å². The monoisotopic (exact) mass is 398 g/mol. The summed E-state index contributed by atoms with van der Waals surface area (Å²) in [6.45, 7) is 4.19. The van der Waals surface area contributed by atoms with Gasteiger partial charge in [0.05, 0.1) is 39.2 Å². The van der Waals surface area contributed by atoms with E-state index in [0.717, 1.165) is 43.6 Å². The van der Waals surface area contributed by atoms with Gasteiger partial charge in [-0.05, 0) is 42.4 Å². The van der Waals surface area contributed by atoms with E-state index >= 15 is 0 Å². The molecule has 0 spiro atoms. The Bertz CT molecular complexity index is 932. The van der Waals surface area contributed by atoms with Gasteiger partial charge in [-0.3, -0.25) is 4.90 Å². The molecule has 156 valence electrons. The number of carbonyl (C=O) groups is 1. The first kappa shape index (κ1) is 19.8. The van der Waals surface area contributed by atoms with E-state index in [2.05, 4.69) is 22.9 Å². The third-order valence-corrected chi connectivity index (χ3v) is 6.67. The predicted molar refractivity (Wildman–Crippen MR) is 112 cm³/mol. The van der Waals surface area contributed by atoms with Gasteiger partial charge in [-0.15, -0.1) is 0 Å². The number of fused-ring (bicyclic) bond motifs is 5. The number of benzene rings is 1. The molecule has 29 heavy (non-hydrogen) atoms. The van der Waals surface area contributed by atoms with E-state index in [-0.39, 0.29) is 17.9 Å². The SMILES string of the molecule is CC[C@@H]1CN2CCc3c([nH]c4cccc(OC)c34)[C@@H]2C[C@@H]1C(=COC)C(=O)OC. The normalized spacial score (nSPS) is 24.7. The van der Waals surface area contributed by atoms with Gasteiger partial charge < -0.3 is 19.2 Å². The summed E-state index contributed by atoms with van der Waals surface area (Å²) in [5.41, 5.74) is 4.37. The second-order valence-electron chi connectivity index (χ2n) is 7.97. The number of nitrogens with one attached hydrogen (secondary N) is 1. The Morgan fingerprint density at radius 2 is 2.14 bits per heavy atom. The summed E-state index contributed by atoms with van der Waals surface area (Å²) in [5.74, 6) is 1.12. The van der Waals surface area contributed by atoms with Gasteiger partial charge in [0.25, 0.3) is 0 Å². The first-order valence-electron chi connectivity index (χ1n) is 10.4. The Balaban J connectivity index is 1.76. The van der Waals surface area contributed by atoms with E-state index < -0.39 is 0 Å². The molecule has 0 saturated carbocycles. The van der Waals surface area contributed by atoms with Gasteiger partial charge in [-0.25, -0.2) is 4.79 Å². The fourth-order valence-corrected chi connectivity index (χ4v) is 5.28. The van der Waals surface area contributed by atoms with Crippen LogP contribution in [-0.2, 0) is 20.7 Å². The molecule has 6 nitrogen and oxygen atoms in total. The van der Waals surface area contributed by atoms with Crippen LogP contribution in [0.3, 0.4) is 0 Å². The molecule has 3 atom stereocenters. The van der Waals surface area contributed by atoms with Gasteiger partial charge in [0.1, 0.15) is 5.75 Å². The first-order valence-corrected chi connectivity index (χ1v) is 10.4. The molecule has 0 bridgehead atoms. The van der Waals surface area contributed by atoms with Crippen molar-refractivity contribution in [3.05, 3.63) is 41.3 Å². The van der Waals surface area contributed by atoms with Gasteiger partial charge in [0.2, 0.25) is 0 Å². The van der Waals surface area contributed by atoms with Crippen molar-refractivity contribution in [1.82, 2.24) is 9.88 Å². The number of aromatic nitrogens is 1. The zero-order valence-corrected chi connectivity index (χ0v) is 17.7. The van der Waals surface area contributed by atoms with Gasteiger partial charge in [-0.1, -0.05) is 19.4 Å². The highest BCUT2D eigenvalue weighted by Gasteiger charge is 2.42. The number of piperidine rings is 1. The summed E-state index contributed by atoms with van der Waals surface area (Å²) in [4.78, 5) is 18.7. The van der Waals surface area contributed by atoms with E-state index in [1.165, 1.54) is 23.8 Å². The molecule has 1 saturated heterocycles. The maximum Gasteiger partial charge on any atom is 0.337 e. The molecule has 0 aliphatic carbocycles. The second-order valence-corrected chi connectivity index (χ2v) is 7.97. The lowest BCUT2D eigenvalue weighted by molar-refractivity contribution is -0.137. The van der Waals surface area contributed by atoms with E-state index in [4.69, 9.17) is 14.2 Å². The largest absolute Gasteiger partial charge is 0.504 e. The molecular formula is C23H30N2O4. The molecule has 0 radical (unpaired) electrons. The summed E-state index contributed by atoms with van der Waals surface area (Å²) in [6.07, 6.45) is 4.46. The number of aromatic amines is 1. The highest BCUT2D eigenvalue weighted by molar-refractivity contribution is 5.91. The number of rotatable bonds is 5. The van der Waals surface area contributed by atoms with E-state index in [9.17, 15) is 4.79 Å². The molecule has 1 aromatic heterocycles. The maximum absolute atomic E-state index is 12.5. The smallest absolute Gasteiger partial charge is 0.337 e. The van der Waals surface area contributed by atoms with Crippen molar-refractivity contribution in [2.45, 2.75) is 32.2 Å². The average Bonchev–Trinajstić information content (AvgIpc) is 3.15. The van der Waals surface area contributed by atoms with E-state index in [0.29, 0.717) is 11.5 Å². The van der Waals surface area contributed by atoms with Gasteiger partial charge in [0, 0.05) is 29.7 Å². The fourth-order valence-electron chi connectivity index (χ4n) is 5.28. The molecule has 4 rings (SSSR count). The fraction of sp³-hybridized carbons (Fsp3) is 0.522. The van der Waals surface area contributed by atoms with Crippen LogP contribution in [0.4, 0.5) is 0 Å². The van der Waals surface area contributed by atoms with Crippen molar-refractivity contribution in [1.29, 1.82) is 0 Å². The highest BCUT2D eigenvalue weighted by Crippen LogP contribution is 2.47. The number of ether oxygens (including phenoxy) is 3. The molecule has 1 N–H and O–H groups in total. The molecule has 2 aliphatic rings. The second kappa shape index (κ2) is 8.11. The lowest BCUT2D eigenvalue weighted by Crippen LogP contribution is -2.47. The summed E-state index contributed by atoms with van der Waals surface area (Å²) >= 11 is 0. The van der Waals surface area contributed by atoms with Gasteiger partial charge in [-0.2, -0.15) is 0 Å². The van der Waals surface area contributed by atoms with Crippen molar-refractivity contribution in [2.24, 2.45) is 11.8 Å². The number of esters is 1. The standard InChI is InChI=1S/C23H30N2O4/c1-5-14-12-25-10-9-15-21-18(7-6-8-20(21)28-3)24-22(15)19(25)11-16(14)17(13-27-2)23(26)29-4/h6-8,13-14,16,19,24H,5,9-12H2,1-4H3/t14-,16+,19+/m1/s1. The summed E-state index contributed by atoms with van der Waals surface area (Å²) in [5, 5.41) is 1.19. The molecule has 0 amide bonds. The Labute approximate surface area is 171 Å².